The third-order valence-electron chi connectivity index (χ3n) is 6.05. The van der Waals surface area contributed by atoms with Crippen LogP contribution < -0.4 is 9.64 Å². The van der Waals surface area contributed by atoms with Gasteiger partial charge in [0, 0.05) is 26.2 Å². The van der Waals surface area contributed by atoms with Gasteiger partial charge in [-0.05, 0) is 76.4 Å². The predicted octanol–water partition coefficient (Wildman–Crippen LogP) is 2.82. The van der Waals surface area contributed by atoms with Crippen LogP contribution in [0.15, 0.2) is 18.2 Å². The monoisotopic (exact) mass is 373 g/mol. The number of piperidine rings is 1. The van der Waals surface area contributed by atoms with Crippen LogP contribution in [0.2, 0.25) is 0 Å². The van der Waals surface area contributed by atoms with Gasteiger partial charge >= 0.3 is 0 Å². The van der Waals surface area contributed by atoms with Gasteiger partial charge in [-0.1, -0.05) is 6.07 Å². The quantitative estimate of drug-likeness (QED) is 0.734. The number of likely N-dealkylation sites (tertiary alicyclic amines) is 1. The number of hydrogen-bond acceptors (Lipinski definition) is 5. The molecule has 0 aromatic heterocycles. The maximum Gasteiger partial charge on any atom is 0.143 e. The van der Waals surface area contributed by atoms with Crippen LogP contribution >= 0.6 is 0 Å². The number of hydrogen-bond donors (Lipinski definition) is 0. The van der Waals surface area contributed by atoms with Crippen LogP contribution in [0.1, 0.15) is 31.7 Å². The zero-order chi connectivity index (χ0) is 19.2. The van der Waals surface area contributed by atoms with Crippen LogP contribution in [0.4, 0.5) is 5.69 Å². The van der Waals surface area contributed by atoms with E-state index in [0.29, 0.717) is 6.54 Å². The second-order valence-electron chi connectivity index (χ2n) is 8.21. The summed E-state index contributed by atoms with van der Waals surface area (Å²) in [5, 5.41) is 0. The fourth-order valence-electron chi connectivity index (χ4n) is 4.37. The molecular formula is C22H35N3O2. The van der Waals surface area contributed by atoms with E-state index in [9.17, 15) is 4.79 Å². The summed E-state index contributed by atoms with van der Waals surface area (Å²) in [5.74, 6) is 2.09. The SMILES string of the molecule is COc1ccc(C)cc1N1CCN(CCC2CCN(CC(C)=O)CC2)CC1. The average Bonchev–Trinajstić information content (AvgIpc) is 2.67. The fraction of sp³-hybridized carbons (Fsp3) is 0.682. The molecule has 0 spiro atoms. The highest BCUT2D eigenvalue weighted by Gasteiger charge is 2.23. The van der Waals surface area contributed by atoms with Gasteiger partial charge in [-0.3, -0.25) is 14.6 Å². The summed E-state index contributed by atoms with van der Waals surface area (Å²) in [6.07, 6.45) is 3.78. The first kappa shape index (κ1) is 20.2. The average molecular weight is 374 g/mol. The van der Waals surface area contributed by atoms with Gasteiger partial charge in [0.2, 0.25) is 0 Å². The number of ketones is 1. The minimum atomic E-state index is 0.288. The normalized spacial score (nSPS) is 20.0. The highest BCUT2D eigenvalue weighted by molar-refractivity contribution is 5.77. The van der Waals surface area contributed by atoms with Gasteiger partial charge in [0.1, 0.15) is 11.5 Å². The number of benzene rings is 1. The minimum Gasteiger partial charge on any atom is -0.495 e. The third-order valence-corrected chi connectivity index (χ3v) is 6.05. The van der Waals surface area contributed by atoms with Gasteiger partial charge in [-0.2, -0.15) is 0 Å². The molecule has 0 atom stereocenters. The molecule has 0 N–H and O–H groups in total. The molecule has 0 radical (unpaired) electrons. The molecule has 2 aliphatic rings. The first-order chi connectivity index (χ1) is 13.0. The zero-order valence-corrected chi connectivity index (χ0v) is 17.2. The number of rotatable bonds is 7. The second-order valence-corrected chi connectivity index (χ2v) is 8.21. The smallest absolute Gasteiger partial charge is 0.143 e. The minimum absolute atomic E-state index is 0.288. The van der Waals surface area contributed by atoms with Crippen molar-refractivity contribution in [3.05, 3.63) is 23.8 Å². The lowest BCUT2D eigenvalue weighted by Gasteiger charge is -2.38. The lowest BCUT2D eigenvalue weighted by molar-refractivity contribution is -0.118. The molecule has 2 saturated heterocycles. The van der Waals surface area contributed by atoms with Crippen molar-refractivity contribution in [2.45, 2.75) is 33.1 Å². The van der Waals surface area contributed by atoms with Crippen molar-refractivity contribution in [2.24, 2.45) is 5.92 Å². The zero-order valence-electron chi connectivity index (χ0n) is 17.2. The summed E-state index contributed by atoms with van der Waals surface area (Å²) in [4.78, 5) is 18.6. The molecule has 5 nitrogen and oxygen atoms in total. The molecule has 3 rings (SSSR count). The van der Waals surface area contributed by atoms with Crippen molar-refractivity contribution in [1.29, 1.82) is 0 Å². The Morgan fingerprint density at radius 3 is 2.41 bits per heavy atom. The first-order valence-electron chi connectivity index (χ1n) is 10.4. The van der Waals surface area contributed by atoms with Crippen LogP contribution in [-0.4, -0.2) is 75.1 Å². The Morgan fingerprint density at radius 2 is 1.78 bits per heavy atom. The number of carbonyl (C=O) groups excluding carboxylic acids is 1. The molecule has 2 heterocycles. The molecule has 1 aromatic rings. The summed E-state index contributed by atoms with van der Waals surface area (Å²) >= 11 is 0. The Balaban J connectivity index is 1.40. The van der Waals surface area contributed by atoms with Crippen molar-refractivity contribution in [2.75, 3.05) is 64.4 Å². The molecule has 0 aliphatic carbocycles. The first-order valence-corrected chi connectivity index (χ1v) is 10.4. The molecule has 0 amide bonds. The van der Waals surface area contributed by atoms with Gasteiger partial charge < -0.3 is 9.64 Å². The fourth-order valence-corrected chi connectivity index (χ4v) is 4.37. The molecular weight excluding hydrogens is 338 g/mol. The summed E-state index contributed by atoms with van der Waals surface area (Å²) < 4.78 is 5.56. The molecule has 0 bridgehead atoms. The Labute approximate surface area is 164 Å². The van der Waals surface area contributed by atoms with E-state index in [1.54, 1.807) is 14.0 Å². The molecule has 1 aromatic carbocycles. The number of Topliss-reactive ketones (excluding diaryl/α,β-unsaturated/α-hetero) is 1. The highest BCUT2D eigenvalue weighted by Crippen LogP contribution is 2.30. The summed E-state index contributed by atoms with van der Waals surface area (Å²) in [6, 6.07) is 6.43. The number of anilines is 1. The highest BCUT2D eigenvalue weighted by atomic mass is 16.5. The summed E-state index contributed by atoms with van der Waals surface area (Å²) in [6.45, 7) is 12.2. The number of aryl methyl sites for hydroxylation is 1. The predicted molar refractivity (Wildman–Crippen MR) is 111 cm³/mol. The van der Waals surface area contributed by atoms with Crippen LogP contribution in [0.5, 0.6) is 5.75 Å². The van der Waals surface area contributed by atoms with E-state index < -0.39 is 0 Å². The molecule has 5 heteroatoms. The van der Waals surface area contributed by atoms with E-state index >= 15 is 0 Å². The van der Waals surface area contributed by atoms with E-state index in [4.69, 9.17) is 4.74 Å². The topological polar surface area (TPSA) is 36.0 Å². The van der Waals surface area contributed by atoms with Gasteiger partial charge in [0.25, 0.3) is 0 Å². The van der Waals surface area contributed by atoms with E-state index in [1.165, 1.54) is 37.1 Å². The van der Waals surface area contributed by atoms with E-state index in [2.05, 4.69) is 39.8 Å². The van der Waals surface area contributed by atoms with Crippen molar-refractivity contribution in [3.8, 4) is 5.75 Å². The maximum absolute atomic E-state index is 11.3. The van der Waals surface area contributed by atoms with Crippen LogP contribution in [0.3, 0.4) is 0 Å². The van der Waals surface area contributed by atoms with Crippen LogP contribution in [-0.2, 0) is 4.79 Å². The molecule has 0 saturated carbocycles. The Kier molecular flexibility index (Phi) is 7.13. The lowest BCUT2D eigenvalue weighted by atomic mass is 9.93. The molecule has 2 aliphatic heterocycles. The van der Waals surface area contributed by atoms with Crippen LogP contribution in [0, 0.1) is 12.8 Å². The van der Waals surface area contributed by atoms with Gasteiger partial charge in [0.05, 0.1) is 19.3 Å². The largest absolute Gasteiger partial charge is 0.495 e. The molecule has 150 valence electrons. The Morgan fingerprint density at radius 1 is 1.07 bits per heavy atom. The van der Waals surface area contributed by atoms with Crippen molar-refractivity contribution < 1.29 is 9.53 Å². The number of ether oxygens (including phenoxy) is 1. The number of piperazine rings is 1. The lowest BCUT2D eigenvalue weighted by Crippen LogP contribution is -2.47. The number of methoxy groups -OCH3 is 1. The van der Waals surface area contributed by atoms with E-state index in [-0.39, 0.29) is 5.78 Å². The second kappa shape index (κ2) is 9.56. The van der Waals surface area contributed by atoms with E-state index in [0.717, 1.165) is 50.9 Å². The Hall–Kier alpha value is -1.59. The third kappa shape index (κ3) is 5.69. The van der Waals surface area contributed by atoms with Crippen molar-refractivity contribution in [3.63, 3.8) is 0 Å². The van der Waals surface area contributed by atoms with E-state index in [1.807, 2.05) is 0 Å². The van der Waals surface area contributed by atoms with Gasteiger partial charge in [0.15, 0.2) is 0 Å². The molecule has 0 unspecified atom stereocenters. The van der Waals surface area contributed by atoms with Crippen molar-refractivity contribution >= 4 is 11.5 Å². The standard InChI is InChI=1S/C22H35N3O2/c1-18-4-5-22(27-3)21(16-18)25-14-12-23(13-15-25)9-6-20-7-10-24(11-8-20)17-19(2)26/h4-5,16,20H,6-15,17H2,1-3H3. The van der Waals surface area contributed by atoms with Gasteiger partial charge in [-0.25, -0.2) is 0 Å². The molecule has 27 heavy (non-hydrogen) atoms. The number of nitrogens with zero attached hydrogens (tertiary/aromatic N) is 3. The van der Waals surface area contributed by atoms with Crippen molar-refractivity contribution in [1.82, 2.24) is 9.80 Å². The Bertz CT molecular complexity index is 618. The van der Waals surface area contributed by atoms with Crippen LogP contribution in [0.25, 0.3) is 0 Å². The molecule has 2 fully saturated rings. The number of carbonyl (C=O) groups is 1. The van der Waals surface area contributed by atoms with Gasteiger partial charge in [-0.15, -0.1) is 0 Å². The maximum atomic E-state index is 11.3. The summed E-state index contributed by atoms with van der Waals surface area (Å²) in [5.41, 5.74) is 2.51. The summed E-state index contributed by atoms with van der Waals surface area (Å²) in [7, 11) is 1.76.